The van der Waals surface area contributed by atoms with Crippen molar-refractivity contribution >= 4 is 23.4 Å². The fraction of sp³-hybridized carbons (Fsp3) is 0.468. The number of benzene rings is 3. The molecule has 1 heterocycles. The molecular formula is C47H57N3O7S. The van der Waals surface area contributed by atoms with Crippen LogP contribution in [0.15, 0.2) is 101 Å². The van der Waals surface area contributed by atoms with Crippen molar-refractivity contribution < 1.29 is 34.1 Å². The number of thioether (sulfide) groups is 1. The molecule has 2 N–H and O–H groups in total. The number of nitrogens with zero attached hydrogens (tertiary/aromatic N) is 3. The molecule has 6 atom stereocenters. The molecule has 308 valence electrons. The highest BCUT2D eigenvalue weighted by molar-refractivity contribution is 7.98. The van der Waals surface area contributed by atoms with E-state index in [1.807, 2.05) is 61.4 Å². The maximum absolute atomic E-state index is 14.8. The zero-order valence-corrected chi connectivity index (χ0v) is 34.8. The van der Waals surface area contributed by atoms with Gasteiger partial charge in [-0.15, -0.1) is 18.3 Å². The number of ether oxygens (including phenoxy) is 3. The summed E-state index contributed by atoms with van der Waals surface area (Å²) in [6.45, 7) is 9.18. The molecule has 1 fully saturated rings. The Morgan fingerprint density at radius 2 is 1.76 bits per heavy atom. The molecule has 0 bridgehead atoms. The summed E-state index contributed by atoms with van der Waals surface area (Å²) in [6, 6.07) is 22.3. The van der Waals surface area contributed by atoms with E-state index in [2.05, 4.69) is 24.8 Å². The predicted molar refractivity (Wildman–Crippen MR) is 227 cm³/mol. The lowest BCUT2D eigenvalue weighted by atomic mass is 9.55. The van der Waals surface area contributed by atoms with Crippen LogP contribution >= 0.6 is 11.8 Å². The lowest BCUT2D eigenvalue weighted by Crippen LogP contribution is -2.70. The Morgan fingerprint density at radius 3 is 2.41 bits per heavy atom. The Kier molecular flexibility index (Phi) is 15.1. The van der Waals surface area contributed by atoms with Gasteiger partial charge in [-0.25, -0.2) is 0 Å². The van der Waals surface area contributed by atoms with E-state index in [0.717, 1.165) is 53.2 Å². The topological polar surface area (TPSA) is 134 Å². The first-order valence-corrected chi connectivity index (χ1v) is 21.9. The zero-order chi connectivity index (χ0) is 41.1. The summed E-state index contributed by atoms with van der Waals surface area (Å²) in [6.07, 6.45) is 11.8. The minimum atomic E-state index is -1.36. The van der Waals surface area contributed by atoms with Gasteiger partial charge in [-0.05, 0) is 129 Å². The van der Waals surface area contributed by atoms with Crippen LogP contribution in [0.4, 0.5) is 0 Å². The van der Waals surface area contributed by atoms with Crippen LogP contribution in [0.5, 0.6) is 17.2 Å². The fourth-order valence-corrected chi connectivity index (χ4v) is 9.54. The summed E-state index contributed by atoms with van der Waals surface area (Å²) >= 11 is 1.68. The van der Waals surface area contributed by atoms with Gasteiger partial charge in [0, 0.05) is 48.1 Å². The molecule has 1 aliphatic heterocycles. The molecule has 3 aliphatic rings. The Labute approximate surface area is 347 Å². The highest BCUT2D eigenvalue weighted by Gasteiger charge is 2.65. The van der Waals surface area contributed by atoms with Gasteiger partial charge in [0.05, 0.1) is 29.9 Å². The van der Waals surface area contributed by atoms with Crippen LogP contribution in [0.2, 0.25) is 0 Å². The average molecular weight is 808 g/mol. The van der Waals surface area contributed by atoms with Crippen molar-refractivity contribution in [3.05, 3.63) is 108 Å². The predicted octanol–water partition coefficient (Wildman–Crippen LogP) is 9.28. The van der Waals surface area contributed by atoms with Crippen LogP contribution < -0.4 is 9.47 Å². The normalized spacial score (nSPS) is 23.8. The number of allylic oxidation sites excluding steroid dienone is 1. The van der Waals surface area contributed by atoms with Crippen molar-refractivity contribution in [3.63, 3.8) is 0 Å². The van der Waals surface area contributed by atoms with Gasteiger partial charge in [0.2, 0.25) is 5.79 Å². The molecule has 3 aromatic carbocycles. The van der Waals surface area contributed by atoms with E-state index < -0.39 is 17.7 Å². The lowest BCUT2D eigenvalue weighted by molar-refractivity contribution is -0.254. The van der Waals surface area contributed by atoms with Gasteiger partial charge in [-0.2, -0.15) is 5.26 Å². The number of carbonyl (C=O) groups excluding carboxylic acids is 1. The van der Waals surface area contributed by atoms with Gasteiger partial charge in [0.25, 0.3) is 5.91 Å². The lowest BCUT2D eigenvalue weighted by Gasteiger charge is -2.60. The Morgan fingerprint density at radius 1 is 1.03 bits per heavy atom. The number of aliphatic hydroxyl groups excluding tert-OH is 2. The van der Waals surface area contributed by atoms with Crippen molar-refractivity contribution in [3.8, 4) is 23.3 Å². The maximum Gasteiger partial charge on any atom is 0.254 e. The quantitative estimate of drug-likeness (QED) is 0.0496. The molecule has 2 aliphatic carbocycles. The molecular weight excluding hydrogens is 751 g/mol. The Hall–Kier alpha value is -4.60. The minimum absolute atomic E-state index is 0.0883. The van der Waals surface area contributed by atoms with E-state index in [1.54, 1.807) is 42.1 Å². The summed E-state index contributed by atoms with van der Waals surface area (Å²) in [7, 11) is 0. The van der Waals surface area contributed by atoms with Crippen LogP contribution in [-0.2, 0) is 9.57 Å². The van der Waals surface area contributed by atoms with E-state index in [-0.39, 0.29) is 43.5 Å². The second-order valence-corrected chi connectivity index (χ2v) is 16.0. The largest absolute Gasteiger partial charge is 0.459 e. The van der Waals surface area contributed by atoms with Crippen molar-refractivity contribution in [1.29, 1.82) is 5.26 Å². The van der Waals surface area contributed by atoms with Crippen molar-refractivity contribution in [1.82, 2.24) is 4.90 Å². The number of nitriles is 1. The van der Waals surface area contributed by atoms with E-state index >= 15 is 0 Å². The monoisotopic (exact) mass is 807 g/mol. The second-order valence-electron chi connectivity index (χ2n) is 15.2. The zero-order valence-electron chi connectivity index (χ0n) is 34.0. The summed E-state index contributed by atoms with van der Waals surface area (Å²) < 4.78 is 20.9. The standard InChI is InChI=1S/C47H57N3O7S/c1-5-24-50(46(53)33-16-14-32(31-48)15-17-33)43-30-41(49-55-7-3)39-28-34(12-8-10-25-51)38(13-9-11-26-52)44-40-29-36(56-35-18-21-37(58-4)22-19-35)20-23-42(40)57-47(43,45(39)44)54-27-6-2/h6,14-23,28-29,34,38,43-45,51-52H,2,5,7-13,24-27,30H2,1,3-4H3/t34-,38+,43-,44+,45+,47+/m0/s1. The van der Waals surface area contributed by atoms with Gasteiger partial charge >= 0.3 is 0 Å². The third-order valence-electron chi connectivity index (χ3n) is 11.6. The van der Waals surface area contributed by atoms with Crippen molar-refractivity contribution in [2.75, 3.05) is 39.2 Å². The molecule has 1 amide bonds. The van der Waals surface area contributed by atoms with Crippen LogP contribution in [0.3, 0.4) is 0 Å². The number of amides is 1. The molecule has 1 saturated carbocycles. The van der Waals surface area contributed by atoms with Crippen molar-refractivity contribution in [2.45, 2.75) is 87.9 Å². The number of carbonyl (C=O) groups is 1. The van der Waals surface area contributed by atoms with E-state index in [1.165, 1.54) is 0 Å². The molecule has 0 spiro atoms. The van der Waals surface area contributed by atoms with Crippen LogP contribution in [0.25, 0.3) is 0 Å². The van der Waals surface area contributed by atoms with E-state index in [4.69, 9.17) is 24.2 Å². The minimum Gasteiger partial charge on any atom is -0.459 e. The Balaban J connectivity index is 1.58. The van der Waals surface area contributed by atoms with Crippen LogP contribution in [-0.4, -0.2) is 77.8 Å². The number of oxime groups is 1. The summed E-state index contributed by atoms with van der Waals surface area (Å²) in [5.41, 5.74) is 3.66. The molecule has 58 heavy (non-hydrogen) atoms. The molecule has 6 rings (SSSR count). The highest BCUT2D eigenvalue weighted by Crippen LogP contribution is 2.62. The van der Waals surface area contributed by atoms with Gasteiger partial charge < -0.3 is 34.2 Å². The molecule has 11 heteroatoms. The molecule has 0 unspecified atom stereocenters. The molecule has 0 saturated heterocycles. The molecule has 0 radical (unpaired) electrons. The molecule has 3 aromatic rings. The van der Waals surface area contributed by atoms with Crippen LogP contribution in [0, 0.1) is 29.1 Å². The third-order valence-corrected chi connectivity index (χ3v) is 12.3. The van der Waals surface area contributed by atoms with Crippen molar-refractivity contribution in [2.24, 2.45) is 22.9 Å². The second kappa shape index (κ2) is 20.4. The van der Waals surface area contributed by atoms with Crippen LogP contribution in [0.1, 0.15) is 92.6 Å². The maximum atomic E-state index is 14.8. The number of rotatable bonds is 20. The third kappa shape index (κ3) is 9.16. The molecule has 10 nitrogen and oxygen atoms in total. The summed E-state index contributed by atoms with van der Waals surface area (Å²) in [5.74, 6) is 0.128. The molecule has 0 aromatic heterocycles. The highest BCUT2D eigenvalue weighted by atomic mass is 32.2. The van der Waals surface area contributed by atoms with Gasteiger partial charge in [0.15, 0.2) is 0 Å². The van der Waals surface area contributed by atoms with Gasteiger partial charge in [-0.3, -0.25) is 4.79 Å². The Bertz CT molecular complexity index is 1960. The average Bonchev–Trinajstić information content (AvgIpc) is 3.25. The number of aliphatic hydroxyl groups is 2. The summed E-state index contributed by atoms with van der Waals surface area (Å²) in [4.78, 5) is 23.7. The van der Waals surface area contributed by atoms with E-state index in [9.17, 15) is 20.3 Å². The number of hydrogen-bond donors (Lipinski definition) is 2. The SMILES string of the molecule is C=CCO[C@@]12Oc3ccc(Oc4ccc(SC)cc4)cc3[C@H]3[C@H](CCCCO)[C@@H](CCCCO)C=C(C(=NOCC)C[C@@H]1N(CCC)C(=O)c1ccc(C#N)cc1)[C@H]32. The fourth-order valence-electron chi connectivity index (χ4n) is 9.13. The smallest absolute Gasteiger partial charge is 0.254 e. The van der Waals surface area contributed by atoms with Gasteiger partial charge in [0.1, 0.15) is 29.9 Å². The van der Waals surface area contributed by atoms with Gasteiger partial charge in [-0.1, -0.05) is 37.1 Å². The first-order valence-electron chi connectivity index (χ1n) is 20.7. The number of fused-ring (bicyclic) bond motifs is 2. The first-order chi connectivity index (χ1) is 28.4. The number of hydrogen-bond acceptors (Lipinski definition) is 10. The number of unbranched alkanes of at least 4 members (excludes halogenated alkanes) is 2. The summed E-state index contributed by atoms with van der Waals surface area (Å²) in [5, 5.41) is 34.1. The first kappa shape index (κ1) is 43.0. The van der Waals surface area contributed by atoms with E-state index in [0.29, 0.717) is 61.5 Å².